The second-order valence-electron chi connectivity index (χ2n) is 7.25. The number of halogens is 3. The summed E-state index contributed by atoms with van der Waals surface area (Å²) in [6.45, 7) is 0.350. The molecule has 6 nitrogen and oxygen atoms in total. The summed E-state index contributed by atoms with van der Waals surface area (Å²) in [4.78, 5) is 24.7. The molecule has 32 heavy (non-hydrogen) atoms. The van der Waals surface area contributed by atoms with E-state index in [1.807, 2.05) is 30.3 Å². The number of nitrogens with zero attached hydrogens (tertiary/aromatic N) is 1. The van der Waals surface area contributed by atoms with E-state index in [1.54, 1.807) is 0 Å². The van der Waals surface area contributed by atoms with E-state index in [4.69, 9.17) is 4.42 Å². The van der Waals surface area contributed by atoms with E-state index in [9.17, 15) is 22.8 Å². The standard InChI is InChI=1S/C23H18F3N3O3/c24-23(25,26)16-8-4-7-15(11-16)19-10-9-17(32-19)12-28-29-22(31)20-18(13-27-21(20)30)14-5-2-1-3-6-14/h1-12,18,20H,13H2,(H,27,30)(H,29,31)/b28-12-/t18-,20+/m0/s1. The molecule has 9 heteroatoms. The summed E-state index contributed by atoms with van der Waals surface area (Å²) in [5.74, 6) is -1.72. The van der Waals surface area contributed by atoms with Gasteiger partial charge in [-0.15, -0.1) is 0 Å². The van der Waals surface area contributed by atoms with Crippen LogP contribution in [-0.2, 0) is 15.8 Å². The molecule has 2 heterocycles. The fourth-order valence-corrected chi connectivity index (χ4v) is 3.59. The van der Waals surface area contributed by atoms with Gasteiger partial charge in [-0.3, -0.25) is 9.59 Å². The number of nitrogens with one attached hydrogen (secondary N) is 2. The van der Waals surface area contributed by atoms with Crippen LogP contribution in [0.1, 0.15) is 22.8 Å². The summed E-state index contributed by atoms with van der Waals surface area (Å²) in [5, 5.41) is 6.53. The Balaban J connectivity index is 1.43. The Bertz CT molecular complexity index is 1160. The highest BCUT2D eigenvalue weighted by Crippen LogP contribution is 2.32. The second-order valence-corrected chi connectivity index (χ2v) is 7.25. The highest BCUT2D eigenvalue weighted by molar-refractivity contribution is 6.03. The zero-order valence-electron chi connectivity index (χ0n) is 16.6. The number of carbonyl (C=O) groups is 2. The van der Waals surface area contributed by atoms with Crippen molar-refractivity contribution in [3.63, 3.8) is 0 Å². The van der Waals surface area contributed by atoms with E-state index >= 15 is 0 Å². The van der Waals surface area contributed by atoms with Gasteiger partial charge < -0.3 is 9.73 Å². The maximum atomic E-state index is 12.9. The lowest BCUT2D eigenvalue weighted by Gasteiger charge is -2.15. The number of benzene rings is 2. The number of hydrazone groups is 1. The molecule has 2 amide bonds. The van der Waals surface area contributed by atoms with Gasteiger partial charge in [0.2, 0.25) is 5.91 Å². The summed E-state index contributed by atoms with van der Waals surface area (Å²) in [6.07, 6.45) is -3.24. The van der Waals surface area contributed by atoms with Crippen LogP contribution < -0.4 is 10.7 Å². The first-order chi connectivity index (χ1) is 15.3. The van der Waals surface area contributed by atoms with E-state index in [0.717, 1.165) is 17.7 Å². The van der Waals surface area contributed by atoms with Crippen LogP contribution in [0.4, 0.5) is 13.2 Å². The van der Waals surface area contributed by atoms with Crippen molar-refractivity contribution in [3.8, 4) is 11.3 Å². The van der Waals surface area contributed by atoms with Gasteiger partial charge in [-0.25, -0.2) is 5.43 Å². The molecule has 2 atom stereocenters. The Kier molecular flexibility index (Phi) is 5.81. The van der Waals surface area contributed by atoms with Gasteiger partial charge in [-0.05, 0) is 29.8 Å². The molecule has 2 aromatic carbocycles. The Hall–Kier alpha value is -3.88. The second kappa shape index (κ2) is 8.70. The van der Waals surface area contributed by atoms with Crippen LogP contribution in [0.25, 0.3) is 11.3 Å². The van der Waals surface area contributed by atoms with Gasteiger partial charge in [-0.2, -0.15) is 18.3 Å². The van der Waals surface area contributed by atoms with Crippen LogP contribution in [0.15, 0.2) is 76.2 Å². The summed E-state index contributed by atoms with van der Waals surface area (Å²) in [5.41, 5.74) is 2.69. The molecule has 0 saturated carbocycles. The molecule has 0 bridgehead atoms. The Morgan fingerprint density at radius 1 is 1.09 bits per heavy atom. The minimum absolute atomic E-state index is 0.225. The van der Waals surface area contributed by atoms with E-state index in [-0.39, 0.29) is 28.9 Å². The SMILES string of the molecule is O=C1NC[C@@H](c2ccccc2)[C@H]1C(=O)N/N=C\c1ccc(-c2cccc(C(F)(F)F)c2)o1. The Labute approximate surface area is 181 Å². The maximum absolute atomic E-state index is 12.9. The first-order valence-corrected chi connectivity index (χ1v) is 9.76. The first-order valence-electron chi connectivity index (χ1n) is 9.76. The van der Waals surface area contributed by atoms with Crippen LogP contribution in [0.2, 0.25) is 0 Å². The molecule has 1 fully saturated rings. The normalized spacial score (nSPS) is 18.7. The lowest BCUT2D eigenvalue weighted by atomic mass is 9.88. The minimum Gasteiger partial charge on any atom is -0.455 e. The fraction of sp³-hybridized carbons (Fsp3) is 0.174. The summed E-state index contributed by atoms with van der Waals surface area (Å²) in [6, 6.07) is 17.0. The molecule has 0 spiro atoms. The minimum atomic E-state index is -4.46. The molecular formula is C23H18F3N3O3. The van der Waals surface area contributed by atoms with Gasteiger partial charge in [0.25, 0.3) is 5.91 Å². The largest absolute Gasteiger partial charge is 0.455 e. The van der Waals surface area contributed by atoms with E-state index < -0.39 is 23.6 Å². The smallest absolute Gasteiger partial charge is 0.416 e. The van der Waals surface area contributed by atoms with E-state index in [2.05, 4.69) is 15.8 Å². The number of alkyl halides is 3. The van der Waals surface area contributed by atoms with Crippen molar-refractivity contribution < 1.29 is 27.2 Å². The molecule has 164 valence electrons. The zero-order chi connectivity index (χ0) is 22.7. The molecule has 0 aliphatic carbocycles. The zero-order valence-corrected chi connectivity index (χ0v) is 16.6. The number of carbonyl (C=O) groups excluding carboxylic acids is 2. The van der Waals surface area contributed by atoms with Crippen molar-refractivity contribution in [3.05, 3.63) is 83.6 Å². The van der Waals surface area contributed by atoms with Crippen LogP contribution in [-0.4, -0.2) is 24.6 Å². The predicted octanol–water partition coefficient (Wildman–Crippen LogP) is 3.95. The lowest BCUT2D eigenvalue weighted by Crippen LogP contribution is -2.34. The van der Waals surface area contributed by atoms with Crippen LogP contribution in [0, 0.1) is 5.92 Å². The molecule has 0 radical (unpaired) electrons. The third kappa shape index (κ3) is 4.56. The van der Waals surface area contributed by atoms with Gasteiger partial charge in [-0.1, -0.05) is 42.5 Å². The van der Waals surface area contributed by atoms with Crippen molar-refractivity contribution in [1.82, 2.24) is 10.7 Å². The topological polar surface area (TPSA) is 83.7 Å². The Morgan fingerprint density at radius 2 is 1.88 bits per heavy atom. The maximum Gasteiger partial charge on any atom is 0.416 e. The summed E-state index contributed by atoms with van der Waals surface area (Å²) in [7, 11) is 0. The van der Waals surface area contributed by atoms with Crippen molar-refractivity contribution >= 4 is 18.0 Å². The molecule has 1 saturated heterocycles. The van der Waals surface area contributed by atoms with Crippen molar-refractivity contribution in [2.75, 3.05) is 6.54 Å². The molecule has 1 aliphatic heterocycles. The van der Waals surface area contributed by atoms with Gasteiger partial charge in [0.1, 0.15) is 17.4 Å². The quantitative estimate of drug-likeness (QED) is 0.357. The average Bonchev–Trinajstić information content (AvgIpc) is 3.40. The lowest BCUT2D eigenvalue weighted by molar-refractivity contribution is -0.137. The van der Waals surface area contributed by atoms with E-state index in [0.29, 0.717) is 6.54 Å². The molecule has 3 aromatic rings. The monoisotopic (exact) mass is 441 g/mol. The number of hydrogen-bond donors (Lipinski definition) is 2. The highest BCUT2D eigenvalue weighted by Gasteiger charge is 2.41. The molecular weight excluding hydrogens is 423 g/mol. The molecule has 1 aromatic heterocycles. The number of furan rings is 1. The van der Waals surface area contributed by atoms with Crippen LogP contribution >= 0.6 is 0 Å². The summed E-state index contributed by atoms with van der Waals surface area (Å²) >= 11 is 0. The van der Waals surface area contributed by atoms with Crippen LogP contribution in [0.5, 0.6) is 0 Å². The first kappa shape index (κ1) is 21.4. The number of rotatable bonds is 5. The van der Waals surface area contributed by atoms with Crippen molar-refractivity contribution in [2.45, 2.75) is 12.1 Å². The third-order valence-corrected chi connectivity index (χ3v) is 5.16. The van der Waals surface area contributed by atoms with Crippen LogP contribution in [0.3, 0.4) is 0 Å². The average molecular weight is 441 g/mol. The van der Waals surface area contributed by atoms with Gasteiger partial charge in [0.05, 0.1) is 11.8 Å². The number of hydrogen-bond acceptors (Lipinski definition) is 4. The third-order valence-electron chi connectivity index (χ3n) is 5.16. The Morgan fingerprint density at radius 3 is 2.62 bits per heavy atom. The summed E-state index contributed by atoms with van der Waals surface area (Å²) < 4.78 is 44.2. The van der Waals surface area contributed by atoms with Gasteiger partial charge >= 0.3 is 6.18 Å². The van der Waals surface area contributed by atoms with Gasteiger partial charge in [0.15, 0.2) is 0 Å². The van der Waals surface area contributed by atoms with Crippen molar-refractivity contribution in [1.29, 1.82) is 0 Å². The number of amides is 2. The molecule has 1 aliphatic rings. The highest BCUT2D eigenvalue weighted by atomic mass is 19.4. The molecule has 2 N–H and O–H groups in total. The van der Waals surface area contributed by atoms with Gasteiger partial charge in [0, 0.05) is 18.0 Å². The predicted molar refractivity (Wildman–Crippen MR) is 111 cm³/mol. The van der Waals surface area contributed by atoms with E-state index in [1.165, 1.54) is 30.5 Å². The fourth-order valence-electron chi connectivity index (χ4n) is 3.59. The molecule has 4 rings (SSSR count). The molecule has 0 unspecified atom stereocenters. The van der Waals surface area contributed by atoms with Crippen molar-refractivity contribution in [2.24, 2.45) is 11.0 Å².